The minimum Gasteiger partial charge on any atom is -0.492 e. The highest BCUT2D eigenvalue weighted by molar-refractivity contribution is 5.74. The molecule has 4 heteroatoms. The molecule has 0 spiro atoms. The predicted octanol–water partition coefficient (Wildman–Crippen LogP) is 3.46. The summed E-state index contributed by atoms with van der Waals surface area (Å²) in [6.07, 6.45) is 0. The monoisotopic (exact) mass is 292 g/mol. The molecule has 1 rings (SSSR count). The molecular weight excluding hydrogens is 264 g/mol. The molecule has 118 valence electrons. The van der Waals surface area contributed by atoms with Gasteiger partial charge in [-0.05, 0) is 43.9 Å². The van der Waals surface area contributed by atoms with Crippen LogP contribution in [0.2, 0.25) is 0 Å². The molecule has 4 nitrogen and oxygen atoms in total. The minimum absolute atomic E-state index is 0.101. The molecule has 0 aliphatic heterocycles. The number of carbonyl (C=O) groups is 1. The van der Waals surface area contributed by atoms with E-state index in [1.165, 1.54) is 5.56 Å². The van der Waals surface area contributed by atoms with E-state index in [1.54, 1.807) is 0 Å². The number of hydrogen-bond donors (Lipinski definition) is 2. The Hall–Kier alpha value is -1.71. The van der Waals surface area contributed by atoms with Crippen molar-refractivity contribution >= 4 is 6.03 Å². The largest absolute Gasteiger partial charge is 0.492 e. The molecule has 0 heterocycles. The molecule has 0 aromatic heterocycles. The third-order valence-electron chi connectivity index (χ3n) is 2.84. The van der Waals surface area contributed by atoms with Crippen molar-refractivity contribution < 1.29 is 9.53 Å². The molecule has 21 heavy (non-hydrogen) atoms. The molecule has 0 aliphatic rings. The maximum atomic E-state index is 11.6. The van der Waals surface area contributed by atoms with Crippen LogP contribution in [0.5, 0.6) is 5.75 Å². The van der Waals surface area contributed by atoms with Gasteiger partial charge in [-0.2, -0.15) is 0 Å². The Bertz CT molecular complexity index is 470. The van der Waals surface area contributed by atoms with E-state index in [9.17, 15) is 4.79 Å². The second-order valence-corrected chi connectivity index (χ2v) is 7.26. The summed E-state index contributed by atoms with van der Waals surface area (Å²) in [7, 11) is 0. The van der Waals surface area contributed by atoms with E-state index >= 15 is 0 Å². The molecule has 1 aromatic rings. The highest BCUT2D eigenvalue weighted by atomic mass is 16.5. The number of carbonyl (C=O) groups excluding carboxylic acids is 1. The Balaban J connectivity index is 2.38. The molecule has 0 radical (unpaired) electrons. The fourth-order valence-electron chi connectivity index (χ4n) is 1.77. The summed E-state index contributed by atoms with van der Waals surface area (Å²) in [5.74, 6) is 0.834. The lowest BCUT2D eigenvalue weighted by Gasteiger charge is -2.21. The summed E-state index contributed by atoms with van der Waals surface area (Å²) < 4.78 is 5.68. The van der Waals surface area contributed by atoms with Crippen LogP contribution in [0.25, 0.3) is 0 Å². The first-order valence-electron chi connectivity index (χ1n) is 7.37. The van der Waals surface area contributed by atoms with Crippen molar-refractivity contribution in [3.05, 3.63) is 29.8 Å². The normalized spacial score (nSPS) is 11.9. The summed E-state index contributed by atoms with van der Waals surface area (Å²) in [6, 6.07) is 7.91. The van der Waals surface area contributed by atoms with E-state index in [2.05, 4.69) is 43.5 Å². The van der Waals surface area contributed by atoms with Crippen molar-refractivity contribution in [3.63, 3.8) is 0 Å². The fourth-order valence-corrected chi connectivity index (χ4v) is 1.77. The number of nitrogens with one attached hydrogen (secondary N) is 2. The van der Waals surface area contributed by atoms with Crippen LogP contribution in [0.15, 0.2) is 24.3 Å². The van der Waals surface area contributed by atoms with Crippen LogP contribution in [0, 0.1) is 0 Å². The lowest BCUT2D eigenvalue weighted by molar-refractivity contribution is 0.228. The van der Waals surface area contributed by atoms with Crippen LogP contribution >= 0.6 is 0 Å². The zero-order chi connectivity index (χ0) is 16.1. The van der Waals surface area contributed by atoms with Gasteiger partial charge >= 0.3 is 6.03 Å². The van der Waals surface area contributed by atoms with Crippen LogP contribution in [0.3, 0.4) is 0 Å². The third-order valence-corrected chi connectivity index (χ3v) is 2.84. The number of amides is 2. The first-order valence-corrected chi connectivity index (χ1v) is 7.37. The Morgan fingerprint density at radius 2 is 1.81 bits per heavy atom. The minimum atomic E-state index is -0.230. The van der Waals surface area contributed by atoms with Gasteiger partial charge in [0, 0.05) is 5.54 Å². The van der Waals surface area contributed by atoms with Gasteiger partial charge < -0.3 is 15.4 Å². The van der Waals surface area contributed by atoms with E-state index in [-0.39, 0.29) is 17.0 Å². The number of ether oxygens (including phenoxy) is 1. The maximum absolute atomic E-state index is 11.6. The fraction of sp³-hybridized carbons (Fsp3) is 0.588. The number of benzene rings is 1. The van der Waals surface area contributed by atoms with Gasteiger partial charge in [0.05, 0.1) is 6.54 Å². The zero-order valence-electron chi connectivity index (χ0n) is 14.0. The van der Waals surface area contributed by atoms with Gasteiger partial charge in [-0.1, -0.05) is 32.9 Å². The highest BCUT2D eigenvalue weighted by Gasteiger charge is 2.14. The SMILES string of the molecule is CC(C)(C)NC(=O)NCCOc1cccc(C(C)(C)C)c1. The van der Waals surface area contributed by atoms with Gasteiger partial charge in [0.2, 0.25) is 0 Å². The number of hydrogen-bond acceptors (Lipinski definition) is 2. The molecule has 0 saturated heterocycles. The van der Waals surface area contributed by atoms with E-state index in [1.807, 2.05) is 32.9 Å². The number of urea groups is 1. The third kappa shape index (κ3) is 7.02. The molecule has 0 saturated carbocycles. The average molecular weight is 292 g/mol. The van der Waals surface area contributed by atoms with Gasteiger partial charge in [0.25, 0.3) is 0 Å². The molecule has 0 bridgehead atoms. The lowest BCUT2D eigenvalue weighted by atomic mass is 9.87. The van der Waals surface area contributed by atoms with Crippen molar-refractivity contribution in [1.82, 2.24) is 10.6 Å². The Kier molecular flexibility index (Phi) is 5.64. The topological polar surface area (TPSA) is 50.4 Å². The maximum Gasteiger partial charge on any atom is 0.315 e. The van der Waals surface area contributed by atoms with E-state index < -0.39 is 0 Å². The van der Waals surface area contributed by atoms with Crippen molar-refractivity contribution in [3.8, 4) is 5.75 Å². The molecule has 0 unspecified atom stereocenters. The summed E-state index contributed by atoms with van der Waals surface area (Å²) in [6.45, 7) is 13.3. The molecule has 0 aliphatic carbocycles. The Labute approximate surface area is 128 Å². The van der Waals surface area contributed by atoms with E-state index in [4.69, 9.17) is 4.74 Å². The summed E-state index contributed by atoms with van der Waals surface area (Å²) in [5.41, 5.74) is 1.11. The van der Waals surface area contributed by atoms with Gasteiger partial charge in [-0.15, -0.1) is 0 Å². The van der Waals surface area contributed by atoms with Crippen LogP contribution in [-0.4, -0.2) is 24.7 Å². The van der Waals surface area contributed by atoms with Crippen LogP contribution < -0.4 is 15.4 Å². The second kappa shape index (κ2) is 6.83. The first-order chi connectivity index (χ1) is 9.58. The van der Waals surface area contributed by atoms with Gasteiger partial charge in [-0.3, -0.25) is 0 Å². The smallest absolute Gasteiger partial charge is 0.315 e. The van der Waals surface area contributed by atoms with Crippen LogP contribution in [0.4, 0.5) is 4.79 Å². The predicted molar refractivity (Wildman–Crippen MR) is 86.9 cm³/mol. The van der Waals surface area contributed by atoms with Gasteiger partial charge in [-0.25, -0.2) is 4.79 Å². The van der Waals surface area contributed by atoms with Crippen LogP contribution in [-0.2, 0) is 5.41 Å². The average Bonchev–Trinajstić information content (AvgIpc) is 2.32. The Morgan fingerprint density at radius 1 is 1.14 bits per heavy atom. The molecule has 2 amide bonds. The van der Waals surface area contributed by atoms with Crippen molar-refractivity contribution in [2.75, 3.05) is 13.2 Å². The molecule has 1 aromatic carbocycles. The molecule has 2 N–H and O–H groups in total. The standard InChI is InChI=1S/C17H28N2O2/c1-16(2,3)13-8-7-9-14(12-13)21-11-10-18-15(20)19-17(4,5)6/h7-9,12H,10-11H2,1-6H3,(H2,18,19,20). The lowest BCUT2D eigenvalue weighted by Crippen LogP contribution is -2.47. The molecule has 0 atom stereocenters. The van der Waals surface area contributed by atoms with Crippen molar-refractivity contribution in [2.24, 2.45) is 0 Å². The van der Waals surface area contributed by atoms with Crippen molar-refractivity contribution in [2.45, 2.75) is 52.5 Å². The highest BCUT2D eigenvalue weighted by Crippen LogP contribution is 2.25. The van der Waals surface area contributed by atoms with Crippen LogP contribution in [0.1, 0.15) is 47.1 Å². The quantitative estimate of drug-likeness (QED) is 0.835. The summed E-state index contributed by atoms with van der Waals surface area (Å²) in [4.78, 5) is 11.6. The first kappa shape index (κ1) is 17.3. The summed E-state index contributed by atoms with van der Waals surface area (Å²) >= 11 is 0. The van der Waals surface area contributed by atoms with Gasteiger partial charge in [0.15, 0.2) is 0 Å². The van der Waals surface area contributed by atoms with E-state index in [0.29, 0.717) is 13.2 Å². The van der Waals surface area contributed by atoms with Crippen molar-refractivity contribution in [1.29, 1.82) is 0 Å². The zero-order valence-corrected chi connectivity index (χ0v) is 14.0. The summed E-state index contributed by atoms with van der Waals surface area (Å²) in [5, 5.41) is 5.62. The van der Waals surface area contributed by atoms with Gasteiger partial charge in [0.1, 0.15) is 12.4 Å². The molecule has 0 fully saturated rings. The second-order valence-electron chi connectivity index (χ2n) is 7.26. The Morgan fingerprint density at radius 3 is 2.38 bits per heavy atom. The molecular formula is C17H28N2O2. The van der Waals surface area contributed by atoms with E-state index in [0.717, 1.165) is 5.75 Å². The number of rotatable bonds is 4.